The average molecular weight is 397 g/mol. The predicted molar refractivity (Wildman–Crippen MR) is 108 cm³/mol. The number of benzene rings is 3. The molecule has 1 aromatic heterocycles. The van der Waals surface area contributed by atoms with Crippen LogP contribution in [-0.4, -0.2) is 25.9 Å². The lowest BCUT2D eigenvalue weighted by molar-refractivity contribution is 0.0908. The Balaban J connectivity index is 1.73. The number of thiophene rings is 1. The van der Waals surface area contributed by atoms with Gasteiger partial charge in [0.1, 0.15) is 6.61 Å². The molecule has 0 unspecified atom stereocenters. The maximum absolute atomic E-state index is 12.9. The Hall–Kier alpha value is -2.74. The van der Waals surface area contributed by atoms with Crippen LogP contribution < -0.4 is 4.72 Å². The number of hydrogen-bond acceptors (Lipinski definition) is 5. The van der Waals surface area contributed by atoms with E-state index in [9.17, 15) is 13.2 Å². The SMILES string of the molecule is O=C(CO)c1cc2cc(NS(=O)(=O)c3cccc4ccccc34)ccc2s1. The van der Waals surface area contributed by atoms with Gasteiger partial charge in [0, 0.05) is 15.8 Å². The maximum atomic E-state index is 12.9. The Morgan fingerprint density at radius 1 is 0.963 bits per heavy atom. The van der Waals surface area contributed by atoms with Crippen molar-refractivity contribution in [3.63, 3.8) is 0 Å². The lowest BCUT2D eigenvalue weighted by Gasteiger charge is -2.10. The molecule has 0 saturated heterocycles. The Morgan fingerprint density at radius 3 is 2.56 bits per heavy atom. The van der Waals surface area contributed by atoms with Crippen LogP contribution in [0.4, 0.5) is 5.69 Å². The highest BCUT2D eigenvalue weighted by molar-refractivity contribution is 7.93. The summed E-state index contributed by atoms with van der Waals surface area (Å²) in [6.07, 6.45) is 0. The summed E-state index contributed by atoms with van der Waals surface area (Å²) in [5.74, 6) is -0.353. The Labute approximate surface area is 159 Å². The molecule has 0 aliphatic heterocycles. The highest BCUT2D eigenvalue weighted by Crippen LogP contribution is 2.30. The fraction of sp³-hybridized carbons (Fsp3) is 0.0500. The van der Waals surface area contributed by atoms with Crippen LogP contribution in [0.5, 0.6) is 0 Å². The minimum absolute atomic E-state index is 0.210. The number of sulfonamides is 1. The van der Waals surface area contributed by atoms with Crippen LogP contribution in [0.1, 0.15) is 9.67 Å². The van der Waals surface area contributed by atoms with Crippen LogP contribution in [0.3, 0.4) is 0 Å². The molecular formula is C20H15NO4S2. The normalized spacial score (nSPS) is 11.7. The Kier molecular flexibility index (Phi) is 4.43. The van der Waals surface area contributed by atoms with Crippen molar-refractivity contribution in [1.82, 2.24) is 0 Å². The van der Waals surface area contributed by atoms with Crippen molar-refractivity contribution in [3.05, 3.63) is 71.6 Å². The standard InChI is InChI=1S/C20H15NO4S2/c22-12-17(23)19-11-14-10-15(8-9-18(14)26-19)21-27(24,25)20-7-3-5-13-4-1-2-6-16(13)20/h1-11,21-22H,12H2. The summed E-state index contributed by atoms with van der Waals surface area (Å²) in [6, 6.07) is 19.2. The molecule has 0 fully saturated rings. The van der Waals surface area contributed by atoms with E-state index in [-0.39, 0.29) is 10.7 Å². The Morgan fingerprint density at radius 2 is 1.74 bits per heavy atom. The van der Waals surface area contributed by atoms with E-state index in [2.05, 4.69) is 4.72 Å². The Bertz CT molecular complexity index is 1270. The van der Waals surface area contributed by atoms with E-state index >= 15 is 0 Å². The number of aliphatic hydroxyl groups excluding tert-OH is 1. The van der Waals surface area contributed by atoms with Crippen LogP contribution in [0.15, 0.2) is 71.6 Å². The molecule has 136 valence electrons. The van der Waals surface area contributed by atoms with E-state index in [0.29, 0.717) is 16.0 Å². The fourth-order valence-electron chi connectivity index (χ4n) is 2.96. The molecule has 7 heteroatoms. The van der Waals surface area contributed by atoms with E-state index in [4.69, 9.17) is 5.11 Å². The molecule has 0 radical (unpaired) electrons. The number of rotatable bonds is 5. The van der Waals surface area contributed by atoms with Crippen LogP contribution in [0.25, 0.3) is 20.9 Å². The zero-order chi connectivity index (χ0) is 19.0. The predicted octanol–water partition coefficient (Wildman–Crippen LogP) is 4.03. The van der Waals surface area contributed by atoms with Gasteiger partial charge in [0.2, 0.25) is 0 Å². The number of nitrogens with one attached hydrogen (secondary N) is 1. The first-order valence-corrected chi connectivity index (χ1v) is 10.5. The van der Waals surface area contributed by atoms with Gasteiger partial charge in [-0.25, -0.2) is 8.42 Å². The van der Waals surface area contributed by atoms with Crippen LogP contribution in [-0.2, 0) is 10.0 Å². The smallest absolute Gasteiger partial charge is 0.262 e. The second-order valence-corrected chi connectivity index (χ2v) is 8.76. The summed E-state index contributed by atoms with van der Waals surface area (Å²) in [4.78, 5) is 12.3. The minimum Gasteiger partial charge on any atom is -0.388 e. The molecular weight excluding hydrogens is 382 g/mol. The van der Waals surface area contributed by atoms with Crippen molar-refractivity contribution in [2.75, 3.05) is 11.3 Å². The summed E-state index contributed by atoms with van der Waals surface area (Å²) in [5.41, 5.74) is 0.413. The van der Waals surface area contributed by atoms with Crippen molar-refractivity contribution in [2.24, 2.45) is 0 Å². The third kappa shape index (κ3) is 3.32. The monoisotopic (exact) mass is 397 g/mol. The number of hydrogen-bond donors (Lipinski definition) is 2. The van der Waals surface area contributed by atoms with E-state index < -0.39 is 16.6 Å². The zero-order valence-corrected chi connectivity index (χ0v) is 15.7. The van der Waals surface area contributed by atoms with Crippen LogP contribution in [0, 0.1) is 0 Å². The number of anilines is 1. The molecule has 27 heavy (non-hydrogen) atoms. The van der Waals surface area contributed by atoms with Gasteiger partial charge in [-0.2, -0.15) is 0 Å². The van der Waals surface area contributed by atoms with Gasteiger partial charge in [-0.3, -0.25) is 9.52 Å². The number of carbonyl (C=O) groups is 1. The van der Waals surface area contributed by atoms with Crippen molar-refractivity contribution in [1.29, 1.82) is 0 Å². The van der Waals surface area contributed by atoms with Gasteiger partial charge in [0.05, 0.1) is 9.77 Å². The highest BCUT2D eigenvalue weighted by atomic mass is 32.2. The van der Waals surface area contributed by atoms with Gasteiger partial charge in [-0.15, -0.1) is 11.3 Å². The number of fused-ring (bicyclic) bond motifs is 2. The molecule has 1 heterocycles. The van der Waals surface area contributed by atoms with Crippen molar-refractivity contribution >= 4 is 53.7 Å². The molecule has 0 spiro atoms. The van der Waals surface area contributed by atoms with Crippen molar-refractivity contribution in [3.8, 4) is 0 Å². The quantitative estimate of drug-likeness (QED) is 0.498. The molecule has 4 rings (SSSR count). The number of ketones is 1. The molecule has 4 aromatic rings. The minimum atomic E-state index is -3.78. The summed E-state index contributed by atoms with van der Waals surface area (Å²) in [6.45, 7) is -0.548. The third-order valence-corrected chi connectivity index (χ3v) is 6.82. The van der Waals surface area contributed by atoms with Crippen molar-refractivity contribution < 1.29 is 18.3 Å². The lowest BCUT2D eigenvalue weighted by atomic mass is 10.1. The molecule has 0 bridgehead atoms. The largest absolute Gasteiger partial charge is 0.388 e. The van der Waals surface area contributed by atoms with Gasteiger partial charge in [0.15, 0.2) is 5.78 Å². The van der Waals surface area contributed by atoms with E-state index in [1.807, 2.05) is 18.2 Å². The molecule has 0 saturated carbocycles. The molecule has 0 aliphatic rings. The van der Waals surface area contributed by atoms with Gasteiger partial charge in [-0.1, -0.05) is 36.4 Å². The fourth-order valence-corrected chi connectivity index (χ4v) is 5.22. The molecule has 3 aromatic carbocycles. The van der Waals surface area contributed by atoms with Crippen LogP contribution >= 0.6 is 11.3 Å². The highest BCUT2D eigenvalue weighted by Gasteiger charge is 2.18. The summed E-state index contributed by atoms with van der Waals surface area (Å²) in [5, 5.41) is 11.2. The summed E-state index contributed by atoms with van der Waals surface area (Å²) in [7, 11) is -3.78. The van der Waals surface area contributed by atoms with Crippen molar-refractivity contribution in [2.45, 2.75) is 4.90 Å². The van der Waals surface area contributed by atoms with Gasteiger partial charge in [-0.05, 0) is 41.1 Å². The van der Waals surface area contributed by atoms with E-state index in [1.165, 1.54) is 11.3 Å². The summed E-state index contributed by atoms with van der Waals surface area (Å²) >= 11 is 1.27. The van der Waals surface area contributed by atoms with Gasteiger partial charge in [0.25, 0.3) is 10.0 Å². The van der Waals surface area contributed by atoms with E-state index in [1.54, 1.807) is 48.5 Å². The first kappa shape index (κ1) is 17.7. The lowest BCUT2D eigenvalue weighted by Crippen LogP contribution is -2.13. The average Bonchev–Trinajstić information content (AvgIpc) is 3.10. The summed E-state index contributed by atoms with van der Waals surface area (Å²) < 4.78 is 29.3. The second kappa shape index (κ2) is 6.77. The van der Waals surface area contributed by atoms with Gasteiger partial charge >= 0.3 is 0 Å². The first-order valence-electron chi connectivity index (χ1n) is 8.16. The molecule has 0 amide bonds. The first-order chi connectivity index (χ1) is 13.0. The number of aliphatic hydroxyl groups is 1. The molecule has 2 N–H and O–H groups in total. The van der Waals surface area contributed by atoms with E-state index in [0.717, 1.165) is 15.5 Å². The third-order valence-electron chi connectivity index (χ3n) is 4.23. The molecule has 5 nitrogen and oxygen atoms in total. The molecule has 0 aliphatic carbocycles. The molecule has 0 atom stereocenters. The van der Waals surface area contributed by atoms with Crippen LogP contribution in [0.2, 0.25) is 0 Å². The maximum Gasteiger partial charge on any atom is 0.262 e. The zero-order valence-electron chi connectivity index (χ0n) is 14.0. The number of Topliss-reactive ketones (excluding diaryl/α,β-unsaturated/α-hetero) is 1. The topological polar surface area (TPSA) is 83.5 Å². The number of carbonyl (C=O) groups excluding carboxylic acids is 1. The second-order valence-electron chi connectivity index (χ2n) is 6.03. The van der Waals surface area contributed by atoms with Gasteiger partial charge < -0.3 is 5.11 Å².